The van der Waals surface area contributed by atoms with Gasteiger partial charge in [0.05, 0.1) is 22.5 Å². The molecule has 26 heavy (non-hydrogen) atoms. The highest BCUT2D eigenvalue weighted by Gasteiger charge is 2.15. The van der Waals surface area contributed by atoms with Crippen LogP contribution in [-0.4, -0.2) is 10.9 Å². The Bertz CT molecular complexity index is 908. The van der Waals surface area contributed by atoms with Gasteiger partial charge in [0.2, 0.25) is 0 Å². The number of aryl methyl sites for hydroxylation is 1. The van der Waals surface area contributed by atoms with Gasteiger partial charge in [0.15, 0.2) is 0 Å². The Morgan fingerprint density at radius 1 is 1.15 bits per heavy atom. The molecule has 0 bridgehead atoms. The second-order valence-corrected chi connectivity index (χ2v) is 6.23. The SMILES string of the molecule is Cc1cccc(CNc2ccc(NC(=O)c3c(F)cccc3Cl)cn2)c1. The molecule has 0 saturated carbocycles. The lowest BCUT2D eigenvalue weighted by Gasteiger charge is -2.09. The summed E-state index contributed by atoms with van der Waals surface area (Å²) in [4.78, 5) is 16.5. The first-order valence-electron chi connectivity index (χ1n) is 8.04. The zero-order valence-electron chi connectivity index (χ0n) is 14.1. The smallest absolute Gasteiger partial charge is 0.260 e. The first kappa shape index (κ1) is 17.9. The number of nitrogens with zero attached hydrogens (tertiary/aromatic N) is 1. The lowest BCUT2D eigenvalue weighted by atomic mass is 10.1. The highest BCUT2D eigenvalue weighted by molar-refractivity contribution is 6.34. The number of halogens is 2. The van der Waals surface area contributed by atoms with Crippen LogP contribution in [0.4, 0.5) is 15.9 Å². The van der Waals surface area contributed by atoms with Crippen molar-refractivity contribution in [2.75, 3.05) is 10.6 Å². The summed E-state index contributed by atoms with van der Waals surface area (Å²) in [6, 6.07) is 15.7. The number of carbonyl (C=O) groups is 1. The molecule has 1 heterocycles. The van der Waals surface area contributed by atoms with E-state index in [4.69, 9.17) is 11.6 Å². The molecular formula is C20H17ClFN3O. The van der Waals surface area contributed by atoms with E-state index in [1.54, 1.807) is 12.1 Å². The molecule has 1 amide bonds. The molecule has 3 aromatic rings. The molecular weight excluding hydrogens is 353 g/mol. The summed E-state index contributed by atoms with van der Waals surface area (Å²) >= 11 is 5.90. The molecule has 132 valence electrons. The van der Waals surface area contributed by atoms with Gasteiger partial charge in [0, 0.05) is 6.54 Å². The number of benzene rings is 2. The standard InChI is InChI=1S/C20H17ClFN3O/c1-13-4-2-5-14(10-13)11-23-18-9-8-15(12-24-18)25-20(26)19-16(21)6-3-7-17(19)22/h2-10,12H,11H2,1H3,(H,23,24)(H,25,26). The van der Waals surface area contributed by atoms with E-state index in [2.05, 4.69) is 21.7 Å². The molecule has 6 heteroatoms. The molecule has 1 aromatic heterocycles. The maximum Gasteiger partial charge on any atom is 0.260 e. The van der Waals surface area contributed by atoms with Crippen molar-refractivity contribution in [2.24, 2.45) is 0 Å². The van der Waals surface area contributed by atoms with Crippen molar-refractivity contribution in [3.63, 3.8) is 0 Å². The van der Waals surface area contributed by atoms with Crippen molar-refractivity contribution in [2.45, 2.75) is 13.5 Å². The van der Waals surface area contributed by atoms with Gasteiger partial charge in [-0.15, -0.1) is 0 Å². The molecule has 0 fully saturated rings. The lowest BCUT2D eigenvalue weighted by Crippen LogP contribution is -2.14. The van der Waals surface area contributed by atoms with Crippen LogP contribution in [0.3, 0.4) is 0 Å². The number of aromatic nitrogens is 1. The zero-order valence-corrected chi connectivity index (χ0v) is 14.8. The van der Waals surface area contributed by atoms with Crippen molar-refractivity contribution in [3.8, 4) is 0 Å². The van der Waals surface area contributed by atoms with Crippen molar-refractivity contribution >= 4 is 29.0 Å². The number of hydrogen-bond acceptors (Lipinski definition) is 3. The summed E-state index contributed by atoms with van der Waals surface area (Å²) < 4.78 is 13.8. The fourth-order valence-corrected chi connectivity index (χ4v) is 2.74. The Morgan fingerprint density at radius 2 is 1.96 bits per heavy atom. The third-order valence-corrected chi connectivity index (χ3v) is 4.08. The molecule has 0 spiro atoms. The Kier molecular flexibility index (Phi) is 5.49. The molecule has 0 aliphatic heterocycles. The number of anilines is 2. The summed E-state index contributed by atoms with van der Waals surface area (Å²) in [5.74, 6) is -0.608. The van der Waals surface area contributed by atoms with Gasteiger partial charge in [-0.2, -0.15) is 0 Å². The second-order valence-electron chi connectivity index (χ2n) is 5.83. The first-order valence-corrected chi connectivity index (χ1v) is 8.41. The Morgan fingerprint density at radius 3 is 2.65 bits per heavy atom. The normalized spacial score (nSPS) is 10.4. The third-order valence-electron chi connectivity index (χ3n) is 3.77. The van der Waals surface area contributed by atoms with Crippen LogP contribution in [0.25, 0.3) is 0 Å². The summed E-state index contributed by atoms with van der Waals surface area (Å²) in [6.45, 7) is 2.69. The molecule has 3 rings (SSSR count). The molecule has 4 nitrogen and oxygen atoms in total. The minimum absolute atomic E-state index is 0.0619. The van der Waals surface area contributed by atoms with Gasteiger partial charge in [0.1, 0.15) is 11.6 Å². The summed E-state index contributed by atoms with van der Waals surface area (Å²) in [5, 5.41) is 5.87. The van der Waals surface area contributed by atoms with E-state index in [0.29, 0.717) is 18.1 Å². The quantitative estimate of drug-likeness (QED) is 0.662. The molecule has 0 radical (unpaired) electrons. The number of amides is 1. The third kappa shape index (κ3) is 4.37. The molecule has 2 N–H and O–H groups in total. The molecule has 2 aromatic carbocycles. The van der Waals surface area contributed by atoms with Crippen molar-refractivity contribution < 1.29 is 9.18 Å². The van der Waals surface area contributed by atoms with Crippen LogP contribution in [0.2, 0.25) is 5.02 Å². The van der Waals surface area contributed by atoms with E-state index in [1.165, 1.54) is 30.0 Å². The summed E-state index contributed by atoms with van der Waals surface area (Å²) in [7, 11) is 0. The average Bonchev–Trinajstić information content (AvgIpc) is 2.61. The summed E-state index contributed by atoms with van der Waals surface area (Å²) in [6.07, 6.45) is 1.51. The highest BCUT2D eigenvalue weighted by Crippen LogP contribution is 2.20. The van der Waals surface area contributed by atoms with Crippen molar-refractivity contribution in [1.82, 2.24) is 4.98 Å². The van der Waals surface area contributed by atoms with Gasteiger partial charge in [-0.1, -0.05) is 47.5 Å². The van der Waals surface area contributed by atoms with E-state index in [0.717, 1.165) is 5.56 Å². The number of rotatable bonds is 5. The van der Waals surface area contributed by atoms with Gasteiger partial charge < -0.3 is 10.6 Å². The van der Waals surface area contributed by atoms with E-state index >= 15 is 0 Å². The predicted molar refractivity (Wildman–Crippen MR) is 102 cm³/mol. The number of nitrogens with one attached hydrogen (secondary N) is 2. The van der Waals surface area contributed by atoms with E-state index in [1.807, 2.05) is 25.1 Å². The van der Waals surface area contributed by atoms with Crippen LogP contribution in [0.5, 0.6) is 0 Å². The predicted octanol–water partition coefficient (Wildman–Crippen LogP) is 5.05. The molecule has 0 unspecified atom stereocenters. The fourth-order valence-electron chi connectivity index (χ4n) is 2.50. The summed E-state index contributed by atoms with van der Waals surface area (Å²) in [5.41, 5.74) is 2.62. The number of carbonyl (C=O) groups excluding carboxylic acids is 1. The zero-order chi connectivity index (χ0) is 18.5. The minimum Gasteiger partial charge on any atom is -0.366 e. The highest BCUT2D eigenvalue weighted by atomic mass is 35.5. The topological polar surface area (TPSA) is 54.0 Å². The largest absolute Gasteiger partial charge is 0.366 e. The second kappa shape index (κ2) is 7.97. The average molecular weight is 370 g/mol. The maximum absolute atomic E-state index is 13.8. The van der Waals surface area contributed by atoms with Crippen LogP contribution in [-0.2, 0) is 6.54 Å². The van der Waals surface area contributed by atoms with Gasteiger partial charge >= 0.3 is 0 Å². The number of hydrogen-bond donors (Lipinski definition) is 2. The fraction of sp³-hybridized carbons (Fsp3) is 0.100. The van der Waals surface area contributed by atoms with Crippen LogP contribution in [0.15, 0.2) is 60.8 Å². The van der Waals surface area contributed by atoms with Crippen LogP contribution < -0.4 is 10.6 Å². The lowest BCUT2D eigenvalue weighted by molar-refractivity contribution is 0.102. The Labute approximate surface area is 156 Å². The molecule has 0 atom stereocenters. The molecule has 0 aliphatic carbocycles. The monoisotopic (exact) mass is 369 g/mol. The molecule has 0 saturated heterocycles. The van der Waals surface area contributed by atoms with Gasteiger partial charge in [-0.05, 0) is 36.8 Å². The van der Waals surface area contributed by atoms with Crippen molar-refractivity contribution in [1.29, 1.82) is 0 Å². The van der Waals surface area contributed by atoms with Crippen LogP contribution in [0.1, 0.15) is 21.5 Å². The number of pyridine rings is 1. The maximum atomic E-state index is 13.8. The Hall–Kier alpha value is -2.92. The first-order chi connectivity index (χ1) is 12.5. The Balaban J connectivity index is 1.63. The van der Waals surface area contributed by atoms with Crippen molar-refractivity contribution in [3.05, 3.63) is 88.3 Å². The van der Waals surface area contributed by atoms with Gasteiger partial charge in [0.25, 0.3) is 5.91 Å². The van der Waals surface area contributed by atoms with E-state index in [-0.39, 0.29) is 10.6 Å². The van der Waals surface area contributed by atoms with Crippen LogP contribution in [0, 0.1) is 12.7 Å². The van der Waals surface area contributed by atoms with Gasteiger partial charge in [-0.25, -0.2) is 9.37 Å². The molecule has 0 aliphatic rings. The van der Waals surface area contributed by atoms with E-state index in [9.17, 15) is 9.18 Å². The van der Waals surface area contributed by atoms with Gasteiger partial charge in [-0.3, -0.25) is 4.79 Å². The van der Waals surface area contributed by atoms with Crippen LogP contribution >= 0.6 is 11.6 Å². The minimum atomic E-state index is -0.667. The van der Waals surface area contributed by atoms with E-state index < -0.39 is 11.7 Å².